The molecule has 0 radical (unpaired) electrons. The number of likely N-dealkylation sites (N-methyl/N-ethyl adjacent to an activating group) is 1. The maximum absolute atomic E-state index is 13.5. The predicted molar refractivity (Wildman–Crippen MR) is 168 cm³/mol. The molecule has 230 valence electrons. The van der Waals surface area contributed by atoms with Crippen LogP contribution in [0.15, 0.2) is 48.5 Å². The summed E-state index contributed by atoms with van der Waals surface area (Å²) in [6.07, 6.45) is 6.20. The van der Waals surface area contributed by atoms with Crippen LogP contribution in [-0.4, -0.2) is 72.3 Å². The molecule has 0 saturated carbocycles. The highest BCUT2D eigenvalue weighted by Crippen LogP contribution is 2.30. The summed E-state index contributed by atoms with van der Waals surface area (Å²) in [5.74, 6) is 1.74. The van der Waals surface area contributed by atoms with Gasteiger partial charge in [-0.25, -0.2) is 9.97 Å². The molecular weight excluding hydrogens is 544 g/mol. The molecule has 1 aromatic heterocycles. The van der Waals surface area contributed by atoms with Crippen LogP contribution in [0.4, 0.5) is 11.5 Å². The first kappa shape index (κ1) is 31.9. The molecule has 10 nitrogen and oxygen atoms in total. The zero-order chi connectivity index (χ0) is 30.8. The Bertz CT molecular complexity index is 1400. The zero-order valence-corrected chi connectivity index (χ0v) is 25.8. The van der Waals surface area contributed by atoms with Crippen LogP contribution in [0.5, 0.6) is 5.75 Å². The van der Waals surface area contributed by atoms with Gasteiger partial charge in [0.2, 0.25) is 11.8 Å². The predicted octanol–water partition coefficient (Wildman–Crippen LogP) is 4.53. The van der Waals surface area contributed by atoms with Crippen molar-refractivity contribution in [1.29, 1.82) is 0 Å². The fraction of sp³-hybridized carbons (Fsp3) is 0.485. The number of carbonyl (C=O) groups excluding carboxylic acids is 3. The highest BCUT2D eigenvalue weighted by atomic mass is 16.5. The van der Waals surface area contributed by atoms with Gasteiger partial charge in [0.05, 0.1) is 25.2 Å². The number of benzene rings is 2. The number of anilines is 2. The topological polar surface area (TPSA) is 117 Å². The van der Waals surface area contributed by atoms with Crippen LogP contribution in [0, 0.1) is 0 Å². The second-order valence-electron chi connectivity index (χ2n) is 11.3. The normalized spacial score (nSPS) is 16.0. The average Bonchev–Trinajstić information content (AvgIpc) is 3.02. The molecule has 1 saturated heterocycles. The molecule has 0 bridgehead atoms. The number of Topliss-reactive ketones (excluding diaryl/α,β-unsaturated/α-hetero) is 1. The number of piperidine rings is 1. The van der Waals surface area contributed by atoms with Crippen molar-refractivity contribution in [3.8, 4) is 5.75 Å². The Morgan fingerprint density at radius 3 is 2.53 bits per heavy atom. The summed E-state index contributed by atoms with van der Waals surface area (Å²) in [4.78, 5) is 51.6. The van der Waals surface area contributed by atoms with E-state index in [1.165, 1.54) is 0 Å². The first-order valence-corrected chi connectivity index (χ1v) is 15.2. The molecule has 43 heavy (non-hydrogen) atoms. The molecule has 0 aliphatic carbocycles. The standard InChI is InChI=1S/C33H44N6O4/c1-23(40)12-6-5-7-15-28(36-33(42)29-16-10-11-21-38(29)2)32(41)34-22-30-35-27-14-9-8-13-26(27)31(37-30)39(3)24-17-19-25(43-4)20-18-24/h8-9,13-14,17-20,28-29H,5-7,10-12,15-16,21-22H2,1-4H3,(H,34,41)(H,36,42)/t28-,29?/m0/s1. The number of carbonyl (C=O) groups is 3. The number of hydrogen-bond donors (Lipinski definition) is 2. The van der Waals surface area contributed by atoms with Crippen LogP contribution in [0.2, 0.25) is 0 Å². The van der Waals surface area contributed by atoms with Crippen molar-refractivity contribution in [3.63, 3.8) is 0 Å². The lowest BCUT2D eigenvalue weighted by atomic mass is 10.0. The van der Waals surface area contributed by atoms with E-state index in [4.69, 9.17) is 14.7 Å². The van der Waals surface area contributed by atoms with Crippen molar-refractivity contribution in [2.24, 2.45) is 0 Å². The molecule has 1 unspecified atom stereocenters. The monoisotopic (exact) mass is 588 g/mol. The average molecular weight is 589 g/mol. The first-order valence-electron chi connectivity index (χ1n) is 15.2. The van der Waals surface area contributed by atoms with Gasteiger partial charge >= 0.3 is 0 Å². The van der Waals surface area contributed by atoms with Crippen LogP contribution in [0.1, 0.15) is 64.1 Å². The lowest BCUT2D eigenvalue weighted by molar-refractivity contribution is -0.132. The molecule has 2 heterocycles. The van der Waals surface area contributed by atoms with E-state index in [-0.39, 0.29) is 30.2 Å². The molecule has 4 rings (SSSR count). The lowest BCUT2D eigenvalue weighted by Gasteiger charge is -2.32. The summed E-state index contributed by atoms with van der Waals surface area (Å²) < 4.78 is 5.30. The van der Waals surface area contributed by atoms with Crippen molar-refractivity contribution >= 4 is 40.0 Å². The maximum atomic E-state index is 13.5. The molecular formula is C33H44N6O4. The number of ketones is 1. The summed E-state index contributed by atoms with van der Waals surface area (Å²) in [6, 6.07) is 14.6. The van der Waals surface area contributed by atoms with Gasteiger partial charge in [-0.2, -0.15) is 0 Å². The second kappa shape index (κ2) is 15.4. The van der Waals surface area contributed by atoms with Crippen molar-refractivity contribution in [2.75, 3.05) is 32.6 Å². The van der Waals surface area contributed by atoms with Gasteiger partial charge in [-0.1, -0.05) is 31.4 Å². The molecule has 2 amide bonds. The minimum Gasteiger partial charge on any atom is -0.497 e. The Kier molecular flexibility index (Phi) is 11.4. The number of para-hydroxylation sites is 1. The minimum absolute atomic E-state index is 0.114. The van der Waals surface area contributed by atoms with Gasteiger partial charge < -0.3 is 25.1 Å². The van der Waals surface area contributed by atoms with Gasteiger partial charge in [0.25, 0.3) is 0 Å². The van der Waals surface area contributed by atoms with E-state index in [9.17, 15) is 14.4 Å². The highest BCUT2D eigenvalue weighted by molar-refractivity contribution is 5.92. The maximum Gasteiger partial charge on any atom is 0.242 e. The summed E-state index contributed by atoms with van der Waals surface area (Å²) >= 11 is 0. The summed E-state index contributed by atoms with van der Waals surface area (Å²) in [5, 5.41) is 6.90. The van der Waals surface area contributed by atoms with Crippen LogP contribution >= 0.6 is 0 Å². The largest absolute Gasteiger partial charge is 0.497 e. The molecule has 1 aliphatic heterocycles. The van der Waals surface area contributed by atoms with Crippen LogP contribution in [-0.2, 0) is 20.9 Å². The molecule has 10 heteroatoms. The zero-order valence-electron chi connectivity index (χ0n) is 25.8. The lowest BCUT2D eigenvalue weighted by Crippen LogP contribution is -2.54. The number of fused-ring (bicyclic) bond motifs is 1. The van der Waals surface area contributed by atoms with Gasteiger partial charge in [0.15, 0.2) is 5.82 Å². The van der Waals surface area contributed by atoms with Gasteiger partial charge in [0.1, 0.15) is 23.4 Å². The number of amides is 2. The molecule has 0 spiro atoms. The van der Waals surface area contributed by atoms with E-state index in [1.54, 1.807) is 14.0 Å². The van der Waals surface area contributed by atoms with Crippen molar-refractivity contribution < 1.29 is 19.1 Å². The van der Waals surface area contributed by atoms with Crippen LogP contribution in [0.25, 0.3) is 10.9 Å². The van der Waals surface area contributed by atoms with E-state index in [0.717, 1.165) is 73.2 Å². The van der Waals surface area contributed by atoms with E-state index < -0.39 is 6.04 Å². The van der Waals surface area contributed by atoms with Gasteiger partial charge in [0, 0.05) is 24.5 Å². The van der Waals surface area contributed by atoms with Crippen molar-refractivity contribution in [2.45, 2.75) is 76.9 Å². The third-order valence-electron chi connectivity index (χ3n) is 8.06. The molecule has 1 fully saturated rings. The molecule has 1 aliphatic rings. The number of methoxy groups -OCH3 is 1. The van der Waals surface area contributed by atoms with Crippen molar-refractivity contribution in [3.05, 3.63) is 54.4 Å². The number of likely N-dealkylation sites (tertiary alicyclic amines) is 1. The minimum atomic E-state index is -0.679. The summed E-state index contributed by atoms with van der Waals surface area (Å²) in [7, 11) is 5.53. The fourth-order valence-electron chi connectivity index (χ4n) is 5.50. The Morgan fingerprint density at radius 2 is 1.81 bits per heavy atom. The Morgan fingerprint density at radius 1 is 1.05 bits per heavy atom. The number of aromatic nitrogens is 2. The summed E-state index contributed by atoms with van der Waals surface area (Å²) in [6.45, 7) is 2.58. The van der Waals surface area contributed by atoms with E-state index in [1.807, 2.05) is 67.5 Å². The number of unbranched alkanes of at least 4 members (excludes halogenated alkanes) is 2. The Balaban J connectivity index is 1.49. The smallest absolute Gasteiger partial charge is 0.242 e. The van der Waals surface area contributed by atoms with E-state index in [0.29, 0.717) is 18.7 Å². The number of ether oxygens (including phenoxy) is 1. The molecule has 3 aromatic rings. The van der Waals surface area contributed by atoms with Crippen molar-refractivity contribution in [1.82, 2.24) is 25.5 Å². The molecule has 2 aromatic carbocycles. The van der Waals surface area contributed by atoms with Crippen LogP contribution < -0.4 is 20.3 Å². The van der Waals surface area contributed by atoms with Gasteiger partial charge in [-0.05, 0) is 82.6 Å². The van der Waals surface area contributed by atoms with E-state index in [2.05, 4.69) is 15.5 Å². The number of rotatable bonds is 14. The van der Waals surface area contributed by atoms with Crippen LogP contribution in [0.3, 0.4) is 0 Å². The Labute approximate surface area is 254 Å². The number of hydrogen-bond acceptors (Lipinski definition) is 8. The quantitative estimate of drug-likeness (QED) is 0.264. The highest BCUT2D eigenvalue weighted by Gasteiger charge is 2.29. The second-order valence-corrected chi connectivity index (χ2v) is 11.3. The Hall–Kier alpha value is -4.05. The molecule has 2 atom stereocenters. The number of nitrogens with one attached hydrogen (secondary N) is 2. The SMILES string of the molecule is COc1ccc(N(C)c2nc(CNC(=O)[C@H](CCCCCC(C)=O)NC(=O)C3CCCCN3C)nc3ccccc23)cc1. The van der Waals surface area contributed by atoms with Gasteiger partial charge in [-0.15, -0.1) is 0 Å². The third kappa shape index (κ3) is 8.73. The fourth-order valence-corrected chi connectivity index (χ4v) is 5.50. The summed E-state index contributed by atoms with van der Waals surface area (Å²) in [5.41, 5.74) is 1.70. The third-order valence-corrected chi connectivity index (χ3v) is 8.06. The number of nitrogens with zero attached hydrogens (tertiary/aromatic N) is 4. The van der Waals surface area contributed by atoms with E-state index >= 15 is 0 Å². The first-order chi connectivity index (χ1) is 20.8. The van der Waals surface area contributed by atoms with Gasteiger partial charge in [-0.3, -0.25) is 14.5 Å². The molecule has 2 N–H and O–H groups in total.